The second-order valence-corrected chi connectivity index (χ2v) is 6.21. The Labute approximate surface area is 142 Å². The fourth-order valence-electron chi connectivity index (χ4n) is 3.25. The average molecular weight is 322 g/mol. The maximum Gasteiger partial charge on any atom is 0.223 e. The number of piperidine rings is 1. The number of pyridine rings is 1. The van der Waals surface area contributed by atoms with Crippen LogP contribution in [0.3, 0.4) is 0 Å². The molecule has 2 aromatic rings. The van der Waals surface area contributed by atoms with Crippen molar-refractivity contribution in [1.82, 2.24) is 10.3 Å². The molecule has 1 saturated heterocycles. The first-order valence-corrected chi connectivity index (χ1v) is 8.55. The number of nitrogens with zero attached hydrogens (tertiary/aromatic N) is 3. The molecule has 1 aromatic carbocycles. The van der Waals surface area contributed by atoms with E-state index in [1.54, 1.807) is 0 Å². The highest BCUT2D eigenvalue weighted by molar-refractivity contribution is 5.92. The van der Waals surface area contributed by atoms with Gasteiger partial charge in [0.2, 0.25) is 5.91 Å². The summed E-state index contributed by atoms with van der Waals surface area (Å²) in [7, 11) is 0. The first-order valence-electron chi connectivity index (χ1n) is 8.55. The lowest BCUT2D eigenvalue weighted by molar-refractivity contribution is -0.125. The summed E-state index contributed by atoms with van der Waals surface area (Å²) in [4.78, 5) is 18.8. The minimum atomic E-state index is 0.0938. The molecule has 1 aromatic heterocycles. The van der Waals surface area contributed by atoms with Crippen LogP contribution in [-0.2, 0) is 4.79 Å². The Morgan fingerprint density at radius 3 is 2.83 bits per heavy atom. The highest BCUT2D eigenvalue weighted by atomic mass is 16.1. The largest absolute Gasteiger partial charge is 0.371 e. The molecule has 3 rings (SSSR count). The average Bonchev–Trinajstić information content (AvgIpc) is 2.65. The van der Waals surface area contributed by atoms with Crippen LogP contribution in [0.15, 0.2) is 30.3 Å². The molecule has 124 valence electrons. The number of amides is 1. The maximum absolute atomic E-state index is 12.1. The number of rotatable bonds is 4. The van der Waals surface area contributed by atoms with Gasteiger partial charge in [0.25, 0.3) is 0 Å². The highest BCUT2D eigenvalue weighted by Gasteiger charge is 2.25. The topological polar surface area (TPSA) is 69.0 Å². The van der Waals surface area contributed by atoms with E-state index in [-0.39, 0.29) is 11.8 Å². The van der Waals surface area contributed by atoms with Crippen LogP contribution < -0.4 is 10.2 Å². The van der Waals surface area contributed by atoms with Crippen LogP contribution in [0, 0.1) is 17.2 Å². The van der Waals surface area contributed by atoms with E-state index in [4.69, 9.17) is 0 Å². The van der Waals surface area contributed by atoms with Crippen LogP contribution in [0.1, 0.15) is 31.9 Å². The molecule has 5 nitrogen and oxygen atoms in total. The summed E-state index contributed by atoms with van der Waals surface area (Å²) in [5.74, 6) is 0.269. The number of fused-ring (bicyclic) bond motifs is 1. The zero-order valence-electron chi connectivity index (χ0n) is 14.0. The number of para-hydroxylation sites is 1. The Bertz CT molecular complexity index is 773. The molecule has 0 spiro atoms. The van der Waals surface area contributed by atoms with Gasteiger partial charge in [-0.3, -0.25) is 4.79 Å². The molecule has 24 heavy (non-hydrogen) atoms. The summed E-state index contributed by atoms with van der Waals surface area (Å²) in [6.07, 6.45) is 2.65. The van der Waals surface area contributed by atoms with Gasteiger partial charge < -0.3 is 10.2 Å². The van der Waals surface area contributed by atoms with Gasteiger partial charge in [-0.1, -0.05) is 25.1 Å². The first kappa shape index (κ1) is 16.3. The van der Waals surface area contributed by atoms with Gasteiger partial charge >= 0.3 is 0 Å². The summed E-state index contributed by atoms with van der Waals surface area (Å²) < 4.78 is 0. The van der Waals surface area contributed by atoms with Crippen molar-refractivity contribution in [3.8, 4) is 6.07 Å². The normalized spacial score (nSPS) is 15.2. The number of anilines is 1. The molecule has 2 heterocycles. The van der Waals surface area contributed by atoms with Crippen molar-refractivity contribution < 1.29 is 4.79 Å². The van der Waals surface area contributed by atoms with Crippen LogP contribution >= 0.6 is 0 Å². The fourth-order valence-corrected chi connectivity index (χ4v) is 3.25. The quantitative estimate of drug-likeness (QED) is 0.940. The predicted molar refractivity (Wildman–Crippen MR) is 94.7 cm³/mol. The lowest BCUT2D eigenvalue weighted by Gasteiger charge is -2.33. The van der Waals surface area contributed by atoms with E-state index < -0.39 is 0 Å². The Morgan fingerprint density at radius 2 is 2.12 bits per heavy atom. The van der Waals surface area contributed by atoms with E-state index in [9.17, 15) is 10.1 Å². The van der Waals surface area contributed by atoms with Crippen molar-refractivity contribution in [1.29, 1.82) is 5.26 Å². The Kier molecular flexibility index (Phi) is 4.95. The number of nitrogens with one attached hydrogen (secondary N) is 1. The fraction of sp³-hybridized carbons (Fsp3) is 0.421. The van der Waals surface area contributed by atoms with Crippen molar-refractivity contribution in [3.05, 3.63) is 36.0 Å². The standard InChI is InChI=1S/C19H22N4O/c1-2-9-21-19(24)14-7-10-23(11-8-14)18-12-15(13-20)22-17-6-4-3-5-16(17)18/h3-6,12,14H,2,7-11H2,1H3,(H,21,24). The molecule has 1 fully saturated rings. The predicted octanol–water partition coefficient (Wildman–Crippen LogP) is 2.85. The Balaban J connectivity index is 1.78. The zero-order valence-corrected chi connectivity index (χ0v) is 14.0. The molecule has 1 amide bonds. The summed E-state index contributed by atoms with van der Waals surface area (Å²) >= 11 is 0. The van der Waals surface area contributed by atoms with Gasteiger partial charge in [0, 0.05) is 36.6 Å². The van der Waals surface area contributed by atoms with Gasteiger partial charge in [0.1, 0.15) is 11.8 Å². The zero-order chi connectivity index (χ0) is 16.9. The molecular weight excluding hydrogens is 300 g/mol. The third kappa shape index (κ3) is 3.33. The molecule has 0 atom stereocenters. The maximum atomic E-state index is 12.1. The number of carbonyl (C=O) groups excluding carboxylic acids is 1. The van der Waals surface area contributed by atoms with Crippen LogP contribution in [0.2, 0.25) is 0 Å². The van der Waals surface area contributed by atoms with Crippen LogP contribution in [0.5, 0.6) is 0 Å². The van der Waals surface area contributed by atoms with E-state index in [1.165, 1.54) is 0 Å². The smallest absolute Gasteiger partial charge is 0.223 e. The van der Waals surface area contributed by atoms with E-state index >= 15 is 0 Å². The number of hydrogen-bond donors (Lipinski definition) is 1. The van der Waals surface area contributed by atoms with Gasteiger partial charge in [-0.15, -0.1) is 0 Å². The van der Waals surface area contributed by atoms with Gasteiger partial charge in [-0.2, -0.15) is 5.26 Å². The summed E-state index contributed by atoms with van der Waals surface area (Å²) in [5.41, 5.74) is 2.32. The molecule has 0 unspecified atom stereocenters. The van der Waals surface area contributed by atoms with Crippen molar-refractivity contribution in [2.24, 2.45) is 5.92 Å². The molecule has 0 aliphatic carbocycles. The van der Waals surface area contributed by atoms with E-state index in [0.717, 1.165) is 55.5 Å². The highest BCUT2D eigenvalue weighted by Crippen LogP contribution is 2.30. The molecular formula is C19H22N4O. The molecule has 1 N–H and O–H groups in total. The van der Waals surface area contributed by atoms with Crippen molar-refractivity contribution in [3.63, 3.8) is 0 Å². The molecule has 1 aliphatic heterocycles. The second kappa shape index (κ2) is 7.31. The van der Waals surface area contributed by atoms with Crippen LogP contribution in [0.4, 0.5) is 5.69 Å². The lowest BCUT2D eigenvalue weighted by atomic mass is 9.95. The molecule has 0 bridgehead atoms. The van der Waals surface area contributed by atoms with Gasteiger partial charge in [-0.05, 0) is 31.4 Å². The third-order valence-corrected chi connectivity index (χ3v) is 4.56. The molecule has 0 radical (unpaired) electrons. The number of carbonyl (C=O) groups is 1. The van der Waals surface area contributed by atoms with Crippen LogP contribution in [0.25, 0.3) is 10.9 Å². The summed E-state index contributed by atoms with van der Waals surface area (Å²) in [6, 6.07) is 11.9. The SMILES string of the molecule is CCCNC(=O)C1CCN(c2cc(C#N)nc3ccccc23)CC1. The minimum Gasteiger partial charge on any atom is -0.371 e. The monoisotopic (exact) mass is 322 g/mol. The van der Waals surface area contributed by atoms with Gasteiger partial charge in [-0.25, -0.2) is 4.98 Å². The second-order valence-electron chi connectivity index (χ2n) is 6.21. The molecule has 0 saturated carbocycles. The minimum absolute atomic E-state index is 0.0938. The number of benzene rings is 1. The number of nitriles is 1. The van der Waals surface area contributed by atoms with Crippen molar-refractivity contribution in [2.75, 3.05) is 24.5 Å². The number of hydrogen-bond acceptors (Lipinski definition) is 4. The molecule has 5 heteroatoms. The van der Waals surface area contributed by atoms with Gasteiger partial charge in [0.05, 0.1) is 5.52 Å². The van der Waals surface area contributed by atoms with E-state index in [2.05, 4.69) is 28.2 Å². The van der Waals surface area contributed by atoms with Crippen molar-refractivity contribution in [2.45, 2.75) is 26.2 Å². The molecule has 1 aliphatic rings. The van der Waals surface area contributed by atoms with Crippen LogP contribution in [-0.4, -0.2) is 30.5 Å². The van der Waals surface area contributed by atoms with Gasteiger partial charge in [0.15, 0.2) is 0 Å². The lowest BCUT2D eigenvalue weighted by Crippen LogP contribution is -2.40. The summed E-state index contributed by atoms with van der Waals surface area (Å²) in [6.45, 7) is 4.45. The van der Waals surface area contributed by atoms with E-state index in [1.807, 2.05) is 30.3 Å². The van der Waals surface area contributed by atoms with Crippen molar-refractivity contribution >= 4 is 22.5 Å². The number of aromatic nitrogens is 1. The third-order valence-electron chi connectivity index (χ3n) is 4.56. The Hall–Kier alpha value is -2.61. The Morgan fingerprint density at radius 1 is 1.38 bits per heavy atom. The van der Waals surface area contributed by atoms with E-state index in [0.29, 0.717) is 5.69 Å². The first-order chi connectivity index (χ1) is 11.7. The summed E-state index contributed by atoms with van der Waals surface area (Å²) in [5, 5.41) is 13.3.